The van der Waals surface area contributed by atoms with Gasteiger partial charge in [0.05, 0.1) is 11.0 Å². The zero-order chi connectivity index (χ0) is 16.8. The molecule has 0 radical (unpaired) electrons. The Bertz CT molecular complexity index is 405. The van der Waals surface area contributed by atoms with Crippen LogP contribution in [0.1, 0.15) is 41.0 Å². The average molecular weight is 301 g/mol. The second kappa shape index (κ2) is 7.28. The fourth-order valence-electron chi connectivity index (χ4n) is 1.39. The molecular formula is C14H27N3O4. The van der Waals surface area contributed by atoms with E-state index in [1.807, 2.05) is 6.92 Å². The van der Waals surface area contributed by atoms with E-state index in [0.717, 1.165) is 6.42 Å². The van der Waals surface area contributed by atoms with Crippen LogP contribution in [0.5, 0.6) is 0 Å². The molecule has 0 aliphatic heterocycles. The van der Waals surface area contributed by atoms with Gasteiger partial charge < -0.3 is 20.6 Å². The number of aliphatic carboxylic acids is 1. The van der Waals surface area contributed by atoms with E-state index in [9.17, 15) is 19.5 Å². The van der Waals surface area contributed by atoms with Gasteiger partial charge in [-0.2, -0.15) is 0 Å². The average Bonchev–Trinajstić information content (AvgIpc) is 2.35. The third kappa shape index (κ3) is 5.24. The maximum absolute atomic E-state index is 12.1. The highest BCUT2D eigenvalue weighted by molar-refractivity contribution is 5.85. The summed E-state index contributed by atoms with van der Waals surface area (Å²) in [6.45, 7) is 8.80. The Hall–Kier alpha value is -1.79. The van der Waals surface area contributed by atoms with Crippen LogP contribution in [-0.2, 0) is 9.59 Å². The van der Waals surface area contributed by atoms with Crippen molar-refractivity contribution in [3.05, 3.63) is 0 Å². The van der Waals surface area contributed by atoms with Crippen molar-refractivity contribution in [2.45, 2.75) is 46.6 Å². The molecule has 0 aliphatic carbocycles. The number of hydrogen-bond acceptors (Lipinski definition) is 3. The minimum atomic E-state index is -1.14. The molecular weight excluding hydrogens is 274 g/mol. The highest BCUT2D eigenvalue weighted by atomic mass is 16.4. The van der Waals surface area contributed by atoms with E-state index in [2.05, 4.69) is 10.6 Å². The van der Waals surface area contributed by atoms with E-state index >= 15 is 0 Å². The Morgan fingerprint density at radius 3 is 2.10 bits per heavy atom. The first-order valence-electron chi connectivity index (χ1n) is 6.99. The molecule has 0 spiro atoms. The van der Waals surface area contributed by atoms with Gasteiger partial charge in [-0.3, -0.25) is 9.59 Å². The smallest absolute Gasteiger partial charge is 0.318 e. The van der Waals surface area contributed by atoms with Crippen LogP contribution in [0.2, 0.25) is 0 Å². The lowest BCUT2D eigenvalue weighted by molar-refractivity contribution is -0.150. The van der Waals surface area contributed by atoms with Crippen molar-refractivity contribution in [3.8, 4) is 0 Å². The molecule has 0 heterocycles. The molecule has 0 aliphatic rings. The van der Waals surface area contributed by atoms with Crippen molar-refractivity contribution in [1.82, 2.24) is 15.5 Å². The number of carboxylic acids is 1. The summed E-state index contributed by atoms with van der Waals surface area (Å²) in [5.74, 6) is -1.25. The number of rotatable bonds is 7. The number of likely N-dealkylation sites (N-methyl/N-ethyl adjacent to an activating group) is 1. The molecule has 0 atom stereocenters. The van der Waals surface area contributed by atoms with Gasteiger partial charge in [-0.1, -0.05) is 6.92 Å². The van der Waals surface area contributed by atoms with E-state index in [0.29, 0.717) is 6.54 Å². The molecule has 0 rings (SSSR count). The summed E-state index contributed by atoms with van der Waals surface area (Å²) in [4.78, 5) is 36.2. The van der Waals surface area contributed by atoms with E-state index in [-0.39, 0.29) is 12.5 Å². The molecule has 0 bridgehead atoms. The van der Waals surface area contributed by atoms with E-state index in [1.165, 1.54) is 11.9 Å². The first-order chi connectivity index (χ1) is 9.45. The van der Waals surface area contributed by atoms with Crippen molar-refractivity contribution in [2.24, 2.45) is 5.41 Å². The van der Waals surface area contributed by atoms with Crippen LogP contribution < -0.4 is 10.6 Å². The molecule has 0 fully saturated rings. The number of hydrogen-bond donors (Lipinski definition) is 3. The predicted molar refractivity (Wildman–Crippen MR) is 80.0 cm³/mol. The number of nitrogens with zero attached hydrogens (tertiary/aromatic N) is 1. The lowest BCUT2D eigenvalue weighted by Gasteiger charge is -2.39. The third-order valence-corrected chi connectivity index (χ3v) is 3.82. The van der Waals surface area contributed by atoms with Gasteiger partial charge in [0.15, 0.2) is 0 Å². The minimum absolute atomic E-state index is 0.0740. The maximum atomic E-state index is 12.1. The fourth-order valence-corrected chi connectivity index (χ4v) is 1.39. The first-order valence-corrected chi connectivity index (χ1v) is 6.99. The topological polar surface area (TPSA) is 98.7 Å². The van der Waals surface area contributed by atoms with Gasteiger partial charge in [0.25, 0.3) is 0 Å². The molecule has 7 heteroatoms. The summed E-state index contributed by atoms with van der Waals surface area (Å²) in [7, 11) is 1.49. The first kappa shape index (κ1) is 19.2. The van der Waals surface area contributed by atoms with Gasteiger partial charge in [-0.15, -0.1) is 0 Å². The van der Waals surface area contributed by atoms with E-state index in [1.54, 1.807) is 27.7 Å². The Labute approximate surface area is 126 Å². The molecule has 0 saturated carbocycles. The van der Waals surface area contributed by atoms with E-state index < -0.39 is 23.0 Å². The normalized spacial score (nSPS) is 11.7. The molecule has 0 saturated heterocycles. The Morgan fingerprint density at radius 2 is 1.67 bits per heavy atom. The van der Waals surface area contributed by atoms with E-state index in [4.69, 9.17) is 0 Å². The highest BCUT2D eigenvalue weighted by Gasteiger charge is 2.44. The Balaban J connectivity index is 4.67. The molecule has 7 nitrogen and oxygen atoms in total. The largest absolute Gasteiger partial charge is 0.481 e. The van der Waals surface area contributed by atoms with Crippen LogP contribution in [-0.4, -0.2) is 53.6 Å². The third-order valence-electron chi connectivity index (χ3n) is 3.82. The molecule has 3 N–H and O–H groups in total. The summed E-state index contributed by atoms with van der Waals surface area (Å²) >= 11 is 0. The van der Waals surface area contributed by atoms with Crippen molar-refractivity contribution < 1.29 is 19.5 Å². The number of amides is 3. The molecule has 0 aromatic heterocycles. The highest BCUT2D eigenvalue weighted by Crippen LogP contribution is 2.30. The predicted octanol–water partition coefficient (Wildman–Crippen LogP) is 1.04. The fraction of sp³-hybridized carbons (Fsp3) is 0.786. The molecule has 21 heavy (non-hydrogen) atoms. The molecule has 0 aromatic carbocycles. The van der Waals surface area contributed by atoms with Crippen LogP contribution in [0.3, 0.4) is 0 Å². The summed E-state index contributed by atoms with van der Waals surface area (Å²) < 4.78 is 0. The van der Waals surface area contributed by atoms with Gasteiger partial charge >= 0.3 is 12.0 Å². The zero-order valence-electron chi connectivity index (χ0n) is 13.7. The maximum Gasteiger partial charge on any atom is 0.318 e. The minimum Gasteiger partial charge on any atom is -0.481 e. The summed E-state index contributed by atoms with van der Waals surface area (Å²) in [5, 5.41) is 14.6. The lowest BCUT2D eigenvalue weighted by Crippen LogP contribution is -2.59. The van der Waals surface area contributed by atoms with Gasteiger partial charge in [0, 0.05) is 13.6 Å². The molecule has 122 valence electrons. The summed E-state index contributed by atoms with van der Waals surface area (Å²) in [5.41, 5.74) is -2.11. The van der Waals surface area contributed by atoms with Crippen molar-refractivity contribution in [2.75, 3.05) is 20.1 Å². The Morgan fingerprint density at radius 1 is 1.14 bits per heavy atom. The second-order valence-electron chi connectivity index (χ2n) is 6.19. The van der Waals surface area contributed by atoms with Crippen LogP contribution in [0.25, 0.3) is 0 Å². The summed E-state index contributed by atoms with van der Waals surface area (Å²) in [6.07, 6.45) is 0.821. The standard InChI is InChI=1S/C14H27N3O4/c1-7-8-15-10(18)9-17(6)12(21)16-14(4,5)13(2,3)11(19)20/h7-9H2,1-6H3,(H,15,18)(H,16,21)(H,19,20). The monoisotopic (exact) mass is 301 g/mol. The Kier molecular flexibility index (Phi) is 6.66. The van der Waals surface area contributed by atoms with Crippen molar-refractivity contribution in [3.63, 3.8) is 0 Å². The number of carboxylic acid groups (broad SMARTS) is 1. The SMILES string of the molecule is CCCNC(=O)CN(C)C(=O)NC(C)(C)C(C)(C)C(=O)O. The summed E-state index contributed by atoms with van der Waals surface area (Å²) in [6, 6.07) is -0.485. The van der Waals surface area contributed by atoms with Gasteiger partial charge in [0.1, 0.15) is 6.54 Å². The quantitative estimate of drug-likeness (QED) is 0.654. The number of carbonyl (C=O) groups excluding carboxylic acids is 2. The number of nitrogens with one attached hydrogen (secondary N) is 2. The van der Waals surface area contributed by atoms with Crippen LogP contribution in [0.15, 0.2) is 0 Å². The number of carbonyl (C=O) groups is 3. The van der Waals surface area contributed by atoms with Gasteiger partial charge in [0.2, 0.25) is 5.91 Å². The lowest BCUT2D eigenvalue weighted by atomic mass is 9.74. The zero-order valence-corrected chi connectivity index (χ0v) is 13.7. The van der Waals surface area contributed by atoms with Gasteiger partial charge in [-0.05, 0) is 34.1 Å². The van der Waals surface area contributed by atoms with Gasteiger partial charge in [-0.25, -0.2) is 4.79 Å². The van der Waals surface area contributed by atoms with Crippen molar-refractivity contribution >= 4 is 17.9 Å². The van der Waals surface area contributed by atoms with Crippen LogP contribution in [0.4, 0.5) is 4.79 Å². The van der Waals surface area contributed by atoms with Crippen molar-refractivity contribution in [1.29, 1.82) is 0 Å². The number of urea groups is 1. The van der Waals surface area contributed by atoms with Crippen LogP contribution in [0, 0.1) is 5.41 Å². The molecule has 0 unspecified atom stereocenters. The molecule has 3 amide bonds. The van der Waals surface area contributed by atoms with Crippen LogP contribution >= 0.6 is 0 Å². The molecule has 0 aromatic rings. The second-order valence-corrected chi connectivity index (χ2v) is 6.19.